The maximum absolute atomic E-state index is 11.8. The summed E-state index contributed by atoms with van der Waals surface area (Å²) in [4.78, 5) is 11.8. The number of anilines is 1. The van der Waals surface area contributed by atoms with Crippen LogP contribution in [-0.4, -0.2) is 12.5 Å². The molecule has 116 valence electrons. The van der Waals surface area contributed by atoms with Crippen LogP contribution in [0.15, 0.2) is 48.5 Å². The zero-order valence-electron chi connectivity index (χ0n) is 12.6. The molecular weight excluding hydrogens is 298 g/mol. The molecule has 2 aromatic carbocycles. The zero-order valence-corrected chi connectivity index (χ0v) is 13.4. The first-order valence-electron chi connectivity index (χ1n) is 7.44. The van der Waals surface area contributed by atoms with Gasteiger partial charge in [-0.15, -0.1) is 0 Å². The Labute approximate surface area is 136 Å². The molecule has 1 N–H and O–H groups in total. The number of ether oxygens (including phenoxy) is 1. The Morgan fingerprint density at radius 1 is 1.09 bits per heavy atom. The van der Waals surface area contributed by atoms with Crippen LogP contribution in [0.5, 0.6) is 5.75 Å². The first-order valence-corrected chi connectivity index (χ1v) is 7.82. The van der Waals surface area contributed by atoms with Crippen LogP contribution < -0.4 is 10.1 Å². The molecule has 3 nitrogen and oxygen atoms in total. The fourth-order valence-corrected chi connectivity index (χ4v) is 2.13. The Morgan fingerprint density at radius 3 is 2.41 bits per heavy atom. The van der Waals surface area contributed by atoms with E-state index in [4.69, 9.17) is 16.3 Å². The van der Waals surface area contributed by atoms with Crippen molar-refractivity contribution < 1.29 is 9.53 Å². The predicted molar refractivity (Wildman–Crippen MR) is 90.6 cm³/mol. The first kappa shape index (κ1) is 16.4. The number of aryl methyl sites for hydroxylation is 1. The lowest BCUT2D eigenvalue weighted by molar-refractivity contribution is -0.116. The predicted octanol–water partition coefficient (Wildman–Crippen LogP) is 4.70. The maximum atomic E-state index is 11.8. The van der Waals surface area contributed by atoms with E-state index in [9.17, 15) is 4.79 Å². The molecular formula is C18H20ClNO2. The van der Waals surface area contributed by atoms with E-state index >= 15 is 0 Å². The molecule has 22 heavy (non-hydrogen) atoms. The maximum Gasteiger partial charge on any atom is 0.224 e. The molecule has 0 unspecified atom stereocenters. The second-order valence-electron chi connectivity index (χ2n) is 5.00. The van der Waals surface area contributed by atoms with Crippen LogP contribution in [0.1, 0.15) is 25.3 Å². The highest BCUT2D eigenvalue weighted by Crippen LogP contribution is 2.15. The molecule has 0 bridgehead atoms. The molecule has 0 heterocycles. The fraction of sp³-hybridized carbons (Fsp3) is 0.278. The van der Waals surface area contributed by atoms with E-state index in [0.717, 1.165) is 17.9 Å². The van der Waals surface area contributed by atoms with Crippen molar-refractivity contribution in [2.45, 2.75) is 26.2 Å². The molecule has 0 aromatic heterocycles. The number of carbonyl (C=O) groups excluding carboxylic acids is 1. The van der Waals surface area contributed by atoms with E-state index in [1.165, 1.54) is 5.56 Å². The van der Waals surface area contributed by atoms with Crippen molar-refractivity contribution in [3.8, 4) is 5.75 Å². The first-order chi connectivity index (χ1) is 10.7. The topological polar surface area (TPSA) is 38.3 Å². The van der Waals surface area contributed by atoms with Gasteiger partial charge < -0.3 is 10.1 Å². The van der Waals surface area contributed by atoms with Crippen LogP contribution in [0.2, 0.25) is 5.02 Å². The van der Waals surface area contributed by atoms with Crippen molar-refractivity contribution in [2.24, 2.45) is 0 Å². The summed E-state index contributed by atoms with van der Waals surface area (Å²) in [6.45, 7) is 2.65. The molecule has 0 fully saturated rings. The molecule has 0 radical (unpaired) electrons. The largest absolute Gasteiger partial charge is 0.494 e. The van der Waals surface area contributed by atoms with Crippen LogP contribution in [0.25, 0.3) is 0 Å². The highest BCUT2D eigenvalue weighted by molar-refractivity contribution is 6.30. The highest BCUT2D eigenvalue weighted by Gasteiger charge is 2.03. The second-order valence-corrected chi connectivity index (χ2v) is 5.44. The van der Waals surface area contributed by atoms with Gasteiger partial charge in [0.2, 0.25) is 5.91 Å². The van der Waals surface area contributed by atoms with Gasteiger partial charge in [-0.05, 0) is 54.8 Å². The molecule has 0 atom stereocenters. The normalized spacial score (nSPS) is 10.3. The highest BCUT2D eigenvalue weighted by atomic mass is 35.5. The summed E-state index contributed by atoms with van der Waals surface area (Å²) in [7, 11) is 0. The summed E-state index contributed by atoms with van der Waals surface area (Å²) in [6, 6.07) is 15.1. The van der Waals surface area contributed by atoms with Crippen LogP contribution in [-0.2, 0) is 11.2 Å². The quantitative estimate of drug-likeness (QED) is 0.752. The average molecular weight is 318 g/mol. The van der Waals surface area contributed by atoms with Gasteiger partial charge in [0, 0.05) is 17.1 Å². The van der Waals surface area contributed by atoms with E-state index < -0.39 is 0 Å². The lowest BCUT2D eigenvalue weighted by atomic mass is 10.2. The minimum atomic E-state index is -0.0211. The number of amides is 1. The molecule has 2 rings (SSSR count). The van der Waals surface area contributed by atoms with Gasteiger partial charge in [-0.1, -0.05) is 30.7 Å². The van der Waals surface area contributed by atoms with Crippen molar-refractivity contribution >= 4 is 23.2 Å². The van der Waals surface area contributed by atoms with Gasteiger partial charge in [-0.2, -0.15) is 0 Å². The van der Waals surface area contributed by atoms with Crippen LogP contribution >= 0.6 is 11.6 Å². The van der Waals surface area contributed by atoms with Crippen LogP contribution in [0.4, 0.5) is 5.69 Å². The molecule has 0 saturated heterocycles. The van der Waals surface area contributed by atoms with Crippen molar-refractivity contribution in [1.82, 2.24) is 0 Å². The van der Waals surface area contributed by atoms with E-state index in [1.807, 2.05) is 12.1 Å². The van der Waals surface area contributed by atoms with Gasteiger partial charge in [0.25, 0.3) is 0 Å². The van der Waals surface area contributed by atoms with Crippen LogP contribution in [0.3, 0.4) is 0 Å². The summed E-state index contributed by atoms with van der Waals surface area (Å²) in [5.74, 6) is 0.822. The van der Waals surface area contributed by atoms with Gasteiger partial charge in [0.1, 0.15) is 5.75 Å². The molecule has 4 heteroatoms. The Balaban J connectivity index is 1.67. The SMILES string of the molecule is CCc1ccc(OCCCC(=O)Nc2ccc(Cl)cc2)cc1. The van der Waals surface area contributed by atoms with Gasteiger partial charge in [-0.3, -0.25) is 4.79 Å². The number of hydrogen-bond donors (Lipinski definition) is 1. The third kappa shape index (κ3) is 5.41. The molecule has 0 aliphatic rings. The molecule has 0 spiro atoms. The number of hydrogen-bond acceptors (Lipinski definition) is 2. The summed E-state index contributed by atoms with van der Waals surface area (Å²) in [5.41, 5.74) is 2.04. The van der Waals surface area contributed by atoms with E-state index in [2.05, 4.69) is 24.4 Å². The standard InChI is InChI=1S/C18H20ClNO2/c1-2-14-5-11-17(12-6-14)22-13-3-4-18(21)20-16-9-7-15(19)8-10-16/h5-12H,2-4,13H2,1H3,(H,20,21). The zero-order chi connectivity index (χ0) is 15.8. The summed E-state index contributed by atoms with van der Waals surface area (Å²) >= 11 is 5.80. The summed E-state index contributed by atoms with van der Waals surface area (Å²) in [6.07, 6.45) is 2.12. The number of rotatable bonds is 7. The van der Waals surface area contributed by atoms with Crippen molar-refractivity contribution in [3.63, 3.8) is 0 Å². The Bertz CT molecular complexity index is 593. The lowest BCUT2D eigenvalue weighted by Crippen LogP contribution is -2.12. The van der Waals surface area contributed by atoms with Crippen LogP contribution in [0, 0.1) is 0 Å². The molecule has 0 aliphatic carbocycles. The Kier molecular flexibility index (Phi) is 6.28. The van der Waals surface area contributed by atoms with Gasteiger partial charge in [0.15, 0.2) is 0 Å². The van der Waals surface area contributed by atoms with Crippen molar-refractivity contribution in [2.75, 3.05) is 11.9 Å². The summed E-state index contributed by atoms with van der Waals surface area (Å²) in [5, 5.41) is 3.48. The van der Waals surface area contributed by atoms with Crippen molar-refractivity contribution in [3.05, 3.63) is 59.1 Å². The fourth-order valence-electron chi connectivity index (χ4n) is 2.00. The molecule has 0 aliphatic heterocycles. The van der Waals surface area contributed by atoms with Gasteiger partial charge >= 0.3 is 0 Å². The third-order valence-electron chi connectivity index (χ3n) is 3.28. The second kappa shape index (κ2) is 8.44. The number of halogens is 1. The number of benzene rings is 2. The van der Waals surface area contributed by atoms with E-state index in [0.29, 0.717) is 24.5 Å². The lowest BCUT2D eigenvalue weighted by Gasteiger charge is -2.07. The van der Waals surface area contributed by atoms with Crippen molar-refractivity contribution in [1.29, 1.82) is 0 Å². The van der Waals surface area contributed by atoms with E-state index in [-0.39, 0.29) is 5.91 Å². The number of carbonyl (C=O) groups is 1. The summed E-state index contributed by atoms with van der Waals surface area (Å²) < 4.78 is 5.62. The van der Waals surface area contributed by atoms with Gasteiger partial charge in [0.05, 0.1) is 6.61 Å². The van der Waals surface area contributed by atoms with E-state index in [1.54, 1.807) is 24.3 Å². The van der Waals surface area contributed by atoms with Gasteiger partial charge in [-0.25, -0.2) is 0 Å². The smallest absolute Gasteiger partial charge is 0.224 e. The Hall–Kier alpha value is -2.00. The average Bonchev–Trinajstić information content (AvgIpc) is 2.54. The Morgan fingerprint density at radius 2 is 1.77 bits per heavy atom. The molecule has 0 saturated carbocycles. The molecule has 2 aromatic rings. The monoisotopic (exact) mass is 317 g/mol. The molecule has 1 amide bonds. The number of nitrogens with one attached hydrogen (secondary N) is 1. The third-order valence-corrected chi connectivity index (χ3v) is 3.53. The minimum Gasteiger partial charge on any atom is -0.494 e. The minimum absolute atomic E-state index is 0.0211.